The van der Waals surface area contributed by atoms with Crippen molar-refractivity contribution in [1.82, 2.24) is 0 Å². The van der Waals surface area contributed by atoms with E-state index < -0.39 is 18.0 Å². The van der Waals surface area contributed by atoms with E-state index in [-0.39, 0.29) is 0 Å². The molecule has 1 aromatic carbocycles. The number of hydrogen-bond donors (Lipinski definition) is 0. The monoisotopic (exact) mass is 202 g/mol. The van der Waals surface area contributed by atoms with Crippen molar-refractivity contribution in [1.29, 1.82) is 0 Å². The van der Waals surface area contributed by atoms with Gasteiger partial charge in [-0.1, -0.05) is 44.2 Å². The summed E-state index contributed by atoms with van der Waals surface area (Å²) in [6.07, 6.45) is -4.16. The summed E-state index contributed by atoms with van der Waals surface area (Å²) in [5.74, 6) is -1.79. The Balaban J connectivity index is 3.02. The molecule has 0 saturated heterocycles. The lowest BCUT2D eigenvalue weighted by atomic mass is 9.88. The summed E-state index contributed by atoms with van der Waals surface area (Å²) in [7, 11) is 0. The zero-order valence-electron chi connectivity index (χ0n) is 8.18. The van der Waals surface area contributed by atoms with Crippen molar-refractivity contribution in [3.8, 4) is 0 Å². The van der Waals surface area contributed by atoms with Crippen LogP contribution in [0.1, 0.15) is 25.3 Å². The highest BCUT2D eigenvalue weighted by Gasteiger charge is 2.42. The summed E-state index contributed by atoms with van der Waals surface area (Å²) in [5.41, 5.74) is 0.343. The van der Waals surface area contributed by atoms with Crippen LogP contribution in [0.25, 0.3) is 0 Å². The van der Waals surface area contributed by atoms with Gasteiger partial charge in [-0.15, -0.1) is 0 Å². The van der Waals surface area contributed by atoms with Gasteiger partial charge in [0.05, 0.1) is 5.92 Å². The molecular formula is C11H13F3. The largest absolute Gasteiger partial charge is 0.395 e. The smallest absolute Gasteiger partial charge is 0.170 e. The van der Waals surface area contributed by atoms with Crippen LogP contribution in [0.3, 0.4) is 0 Å². The fourth-order valence-corrected chi connectivity index (χ4v) is 1.61. The van der Waals surface area contributed by atoms with Gasteiger partial charge in [0.2, 0.25) is 0 Å². The van der Waals surface area contributed by atoms with Crippen LogP contribution in [-0.4, -0.2) is 6.18 Å². The summed E-state index contributed by atoms with van der Waals surface area (Å²) >= 11 is 0. The molecule has 0 radical (unpaired) electrons. The molecule has 0 aliphatic heterocycles. The predicted octanol–water partition coefficient (Wildman–Crippen LogP) is 3.99. The van der Waals surface area contributed by atoms with E-state index >= 15 is 0 Å². The van der Waals surface area contributed by atoms with E-state index in [9.17, 15) is 13.2 Å². The Labute approximate surface area is 81.8 Å². The van der Waals surface area contributed by atoms with Crippen LogP contribution in [0.15, 0.2) is 30.3 Å². The molecule has 0 aliphatic rings. The zero-order valence-corrected chi connectivity index (χ0v) is 8.18. The molecule has 0 saturated carbocycles. The molecule has 1 atom stereocenters. The number of alkyl halides is 3. The standard InChI is InChI=1S/C11H13F3/c1-8(2)10(11(12,13)14)9-6-4-3-5-7-9/h3-8,10H,1-2H3/t10-/m0/s1. The first kappa shape index (κ1) is 11.1. The Morgan fingerprint density at radius 1 is 1.00 bits per heavy atom. The third-order valence-corrected chi connectivity index (χ3v) is 2.18. The second kappa shape index (κ2) is 4.03. The number of halogens is 3. The Bertz CT molecular complexity index is 274. The summed E-state index contributed by atoms with van der Waals surface area (Å²) in [5, 5.41) is 0. The number of hydrogen-bond acceptors (Lipinski definition) is 0. The van der Waals surface area contributed by atoms with Crippen molar-refractivity contribution in [2.45, 2.75) is 25.9 Å². The molecule has 14 heavy (non-hydrogen) atoms. The molecule has 0 nitrogen and oxygen atoms in total. The van der Waals surface area contributed by atoms with Gasteiger partial charge in [-0.3, -0.25) is 0 Å². The lowest BCUT2D eigenvalue weighted by molar-refractivity contribution is -0.159. The molecule has 0 heterocycles. The maximum Gasteiger partial charge on any atom is 0.395 e. The molecule has 1 aromatic rings. The predicted molar refractivity (Wildman–Crippen MR) is 50.1 cm³/mol. The molecule has 0 spiro atoms. The first-order valence-corrected chi connectivity index (χ1v) is 4.54. The van der Waals surface area contributed by atoms with Gasteiger partial charge < -0.3 is 0 Å². The molecule has 0 amide bonds. The van der Waals surface area contributed by atoms with Gasteiger partial charge in [0, 0.05) is 0 Å². The molecule has 0 aliphatic carbocycles. The maximum absolute atomic E-state index is 12.7. The van der Waals surface area contributed by atoms with Crippen LogP contribution in [0.2, 0.25) is 0 Å². The molecule has 0 unspecified atom stereocenters. The number of rotatable bonds is 2. The van der Waals surface area contributed by atoms with Crippen LogP contribution in [0.4, 0.5) is 13.2 Å². The number of benzene rings is 1. The lowest BCUT2D eigenvalue weighted by Crippen LogP contribution is -2.25. The van der Waals surface area contributed by atoms with Gasteiger partial charge in [-0.25, -0.2) is 0 Å². The van der Waals surface area contributed by atoms with Crippen LogP contribution in [-0.2, 0) is 0 Å². The van der Waals surface area contributed by atoms with Gasteiger partial charge in [0.15, 0.2) is 0 Å². The average molecular weight is 202 g/mol. The van der Waals surface area contributed by atoms with Crippen LogP contribution in [0.5, 0.6) is 0 Å². The van der Waals surface area contributed by atoms with Crippen molar-refractivity contribution < 1.29 is 13.2 Å². The molecule has 78 valence electrons. The van der Waals surface area contributed by atoms with Crippen molar-refractivity contribution in [3.05, 3.63) is 35.9 Å². The molecule has 3 heteroatoms. The topological polar surface area (TPSA) is 0 Å². The molecular weight excluding hydrogens is 189 g/mol. The lowest BCUT2D eigenvalue weighted by Gasteiger charge is -2.24. The first-order chi connectivity index (χ1) is 6.43. The quantitative estimate of drug-likeness (QED) is 0.680. The Morgan fingerprint density at radius 3 is 1.86 bits per heavy atom. The second-order valence-electron chi connectivity index (χ2n) is 3.67. The van der Waals surface area contributed by atoms with E-state index in [1.165, 1.54) is 12.1 Å². The van der Waals surface area contributed by atoms with Gasteiger partial charge in [0.25, 0.3) is 0 Å². The van der Waals surface area contributed by atoms with Crippen LogP contribution in [0, 0.1) is 5.92 Å². The second-order valence-corrected chi connectivity index (χ2v) is 3.67. The molecule has 0 N–H and O–H groups in total. The minimum Gasteiger partial charge on any atom is -0.170 e. The SMILES string of the molecule is CC(C)[C@@H](c1ccccc1)C(F)(F)F. The van der Waals surface area contributed by atoms with Gasteiger partial charge in [-0.2, -0.15) is 13.2 Å². The van der Waals surface area contributed by atoms with Crippen LogP contribution >= 0.6 is 0 Å². The zero-order chi connectivity index (χ0) is 10.8. The highest BCUT2D eigenvalue weighted by atomic mass is 19.4. The first-order valence-electron chi connectivity index (χ1n) is 4.54. The Morgan fingerprint density at radius 2 is 1.50 bits per heavy atom. The molecule has 0 fully saturated rings. The van der Waals surface area contributed by atoms with E-state index in [2.05, 4.69) is 0 Å². The molecule has 0 aromatic heterocycles. The van der Waals surface area contributed by atoms with Crippen molar-refractivity contribution >= 4 is 0 Å². The summed E-state index contributed by atoms with van der Waals surface area (Å²) < 4.78 is 38.0. The fourth-order valence-electron chi connectivity index (χ4n) is 1.61. The third kappa shape index (κ3) is 2.50. The summed E-state index contributed by atoms with van der Waals surface area (Å²) in [4.78, 5) is 0. The molecule has 1 rings (SSSR count). The highest BCUT2D eigenvalue weighted by molar-refractivity contribution is 5.21. The molecule has 0 bridgehead atoms. The van der Waals surface area contributed by atoms with E-state index in [1.54, 1.807) is 32.0 Å². The normalized spacial score (nSPS) is 14.4. The van der Waals surface area contributed by atoms with Crippen LogP contribution < -0.4 is 0 Å². The maximum atomic E-state index is 12.7. The van der Waals surface area contributed by atoms with Crippen molar-refractivity contribution in [2.24, 2.45) is 5.92 Å². The summed E-state index contributed by atoms with van der Waals surface area (Å²) in [6.45, 7) is 3.18. The Kier molecular flexibility index (Phi) is 3.19. The van der Waals surface area contributed by atoms with Gasteiger partial charge >= 0.3 is 6.18 Å². The average Bonchev–Trinajstić information content (AvgIpc) is 2.02. The van der Waals surface area contributed by atoms with Gasteiger partial charge in [0.1, 0.15) is 0 Å². The minimum atomic E-state index is -4.16. The fraction of sp³-hybridized carbons (Fsp3) is 0.455. The summed E-state index contributed by atoms with van der Waals surface area (Å²) in [6, 6.07) is 8.04. The van der Waals surface area contributed by atoms with E-state index in [0.717, 1.165) is 0 Å². The van der Waals surface area contributed by atoms with E-state index in [0.29, 0.717) is 5.56 Å². The highest BCUT2D eigenvalue weighted by Crippen LogP contribution is 2.39. The van der Waals surface area contributed by atoms with Crippen molar-refractivity contribution in [3.63, 3.8) is 0 Å². The third-order valence-electron chi connectivity index (χ3n) is 2.18. The van der Waals surface area contributed by atoms with Crippen molar-refractivity contribution in [2.75, 3.05) is 0 Å². The van der Waals surface area contributed by atoms with E-state index in [4.69, 9.17) is 0 Å². The van der Waals surface area contributed by atoms with E-state index in [1.807, 2.05) is 0 Å². The van der Waals surface area contributed by atoms with Gasteiger partial charge in [-0.05, 0) is 11.5 Å². The minimum absolute atomic E-state index is 0.343. The Hall–Kier alpha value is -0.990.